The average Bonchev–Trinajstić information content (AvgIpc) is 2.50. The fourth-order valence-electron chi connectivity index (χ4n) is 2.47. The molecule has 1 atom stereocenters. The van der Waals surface area contributed by atoms with Crippen molar-refractivity contribution in [3.63, 3.8) is 0 Å². The van der Waals surface area contributed by atoms with E-state index in [4.69, 9.17) is 18.9 Å². The summed E-state index contributed by atoms with van der Waals surface area (Å²) >= 11 is 0. The first kappa shape index (κ1) is 17.6. The van der Waals surface area contributed by atoms with Crippen molar-refractivity contribution >= 4 is 5.78 Å². The van der Waals surface area contributed by atoms with Gasteiger partial charge in [0.1, 0.15) is 11.9 Å². The zero-order chi connectivity index (χ0) is 17.0. The maximum Gasteiger partial charge on any atom is 0.170 e. The minimum Gasteiger partial charge on any atom is -0.493 e. The van der Waals surface area contributed by atoms with Crippen molar-refractivity contribution in [1.82, 2.24) is 0 Å². The Balaban J connectivity index is 2.25. The van der Waals surface area contributed by atoms with Crippen LogP contribution in [0.2, 0.25) is 0 Å². The lowest BCUT2D eigenvalue weighted by atomic mass is 9.83. The Labute approximate surface area is 137 Å². The summed E-state index contributed by atoms with van der Waals surface area (Å²) in [6.45, 7) is 7.36. The van der Waals surface area contributed by atoms with Crippen LogP contribution in [0.15, 0.2) is 12.1 Å². The smallest absolute Gasteiger partial charge is 0.170 e. The molecule has 5 nitrogen and oxygen atoms in total. The number of ketones is 1. The molecule has 0 bridgehead atoms. The van der Waals surface area contributed by atoms with Gasteiger partial charge in [-0.3, -0.25) is 4.79 Å². The highest BCUT2D eigenvalue weighted by atomic mass is 16.5. The number of carbonyl (C=O) groups excluding carboxylic acids is 1. The number of methoxy groups -OCH3 is 2. The van der Waals surface area contributed by atoms with Crippen LogP contribution in [-0.4, -0.2) is 39.3 Å². The van der Waals surface area contributed by atoms with Gasteiger partial charge < -0.3 is 18.9 Å². The Bertz CT molecular complexity index is 559. The minimum atomic E-state index is -0.141. The van der Waals surface area contributed by atoms with Crippen LogP contribution in [0.25, 0.3) is 0 Å². The van der Waals surface area contributed by atoms with Gasteiger partial charge in [-0.2, -0.15) is 0 Å². The third-order valence-electron chi connectivity index (χ3n) is 3.92. The molecule has 128 valence electrons. The standard InChI is InChI=1S/C18H26O5/c1-18(2,3)17-10-13(19)12-9-15(21-5)16(11-14(12)23-17)22-8-6-7-20-4/h9,11,17H,6-8,10H2,1-5H3. The van der Waals surface area contributed by atoms with E-state index in [0.717, 1.165) is 6.42 Å². The number of hydrogen-bond donors (Lipinski definition) is 0. The minimum absolute atomic E-state index is 0.0791. The lowest BCUT2D eigenvalue weighted by molar-refractivity contribution is 0.0541. The van der Waals surface area contributed by atoms with E-state index in [1.54, 1.807) is 26.4 Å². The van der Waals surface area contributed by atoms with Gasteiger partial charge in [-0.15, -0.1) is 0 Å². The van der Waals surface area contributed by atoms with Crippen LogP contribution >= 0.6 is 0 Å². The van der Waals surface area contributed by atoms with Gasteiger partial charge in [-0.25, -0.2) is 0 Å². The van der Waals surface area contributed by atoms with Gasteiger partial charge in [-0.05, 0) is 11.5 Å². The summed E-state index contributed by atoms with van der Waals surface area (Å²) < 4.78 is 22.2. The van der Waals surface area contributed by atoms with Crippen LogP contribution in [0.3, 0.4) is 0 Å². The highest BCUT2D eigenvalue weighted by Gasteiger charge is 2.35. The van der Waals surface area contributed by atoms with E-state index >= 15 is 0 Å². The van der Waals surface area contributed by atoms with E-state index in [0.29, 0.717) is 42.4 Å². The molecule has 1 aromatic rings. The molecule has 1 aliphatic rings. The fraction of sp³-hybridized carbons (Fsp3) is 0.611. The molecule has 0 saturated heterocycles. The first-order chi connectivity index (χ1) is 10.9. The number of fused-ring (bicyclic) bond motifs is 1. The van der Waals surface area contributed by atoms with Gasteiger partial charge in [0.25, 0.3) is 0 Å². The number of hydrogen-bond acceptors (Lipinski definition) is 5. The summed E-state index contributed by atoms with van der Waals surface area (Å²) in [5, 5.41) is 0. The monoisotopic (exact) mass is 322 g/mol. The van der Waals surface area contributed by atoms with E-state index in [1.165, 1.54) is 0 Å². The van der Waals surface area contributed by atoms with Crippen LogP contribution in [-0.2, 0) is 4.74 Å². The molecule has 0 aromatic heterocycles. The SMILES string of the molecule is COCCCOc1cc2c(cc1OC)C(=O)CC(C(C)(C)C)O2. The molecule has 1 aliphatic heterocycles. The first-order valence-corrected chi connectivity index (χ1v) is 7.90. The van der Waals surface area contributed by atoms with Crippen LogP contribution in [0.4, 0.5) is 0 Å². The zero-order valence-electron chi connectivity index (χ0n) is 14.6. The maximum absolute atomic E-state index is 12.4. The van der Waals surface area contributed by atoms with E-state index in [2.05, 4.69) is 20.8 Å². The summed E-state index contributed by atoms with van der Waals surface area (Å²) in [7, 11) is 3.22. The maximum atomic E-state index is 12.4. The molecule has 0 saturated carbocycles. The number of benzene rings is 1. The third-order valence-corrected chi connectivity index (χ3v) is 3.92. The van der Waals surface area contributed by atoms with Crippen molar-refractivity contribution in [3.05, 3.63) is 17.7 Å². The number of rotatable bonds is 6. The van der Waals surface area contributed by atoms with Crippen molar-refractivity contribution in [2.24, 2.45) is 5.41 Å². The molecule has 0 aliphatic carbocycles. The molecule has 0 radical (unpaired) electrons. The van der Waals surface area contributed by atoms with Gasteiger partial charge in [0.05, 0.1) is 19.3 Å². The average molecular weight is 322 g/mol. The van der Waals surface area contributed by atoms with Crippen molar-refractivity contribution in [1.29, 1.82) is 0 Å². The quantitative estimate of drug-likeness (QED) is 0.750. The Morgan fingerprint density at radius 2 is 1.91 bits per heavy atom. The second-order valence-electron chi connectivity index (χ2n) is 6.79. The van der Waals surface area contributed by atoms with Crippen molar-refractivity contribution in [2.45, 2.75) is 39.7 Å². The lowest BCUT2D eigenvalue weighted by Gasteiger charge is -2.34. The molecule has 2 rings (SSSR count). The number of Topliss-reactive ketones (excluding diaryl/α,β-unsaturated/α-hetero) is 1. The normalized spacial score (nSPS) is 17.4. The summed E-state index contributed by atoms with van der Waals surface area (Å²) in [5.74, 6) is 1.79. The van der Waals surface area contributed by atoms with Crippen molar-refractivity contribution < 1.29 is 23.7 Å². The molecular formula is C18H26O5. The van der Waals surface area contributed by atoms with E-state index in [9.17, 15) is 4.79 Å². The summed E-state index contributed by atoms with van der Waals surface area (Å²) in [4.78, 5) is 12.4. The molecule has 5 heteroatoms. The first-order valence-electron chi connectivity index (χ1n) is 7.90. The number of carbonyl (C=O) groups is 1. The molecule has 0 fully saturated rings. The Kier molecular flexibility index (Phi) is 5.52. The van der Waals surface area contributed by atoms with Gasteiger partial charge in [0.15, 0.2) is 17.3 Å². The summed E-state index contributed by atoms with van der Waals surface area (Å²) in [6, 6.07) is 3.47. The van der Waals surface area contributed by atoms with Gasteiger partial charge in [0, 0.05) is 32.6 Å². The van der Waals surface area contributed by atoms with Gasteiger partial charge >= 0.3 is 0 Å². The van der Waals surface area contributed by atoms with Crippen LogP contribution in [0.5, 0.6) is 17.2 Å². The predicted octanol–water partition coefficient (Wildman–Crippen LogP) is 3.49. The lowest BCUT2D eigenvalue weighted by Crippen LogP contribution is -2.37. The van der Waals surface area contributed by atoms with Crippen molar-refractivity contribution in [2.75, 3.05) is 27.4 Å². The highest BCUT2D eigenvalue weighted by molar-refractivity contribution is 6.00. The Hall–Kier alpha value is -1.75. The van der Waals surface area contributed by atoms with Crippen LogP contribution in [0.1, 0.15) is 44.0 Å². The van der Waals surface area contributed by atoms with E-state index in [-0.39, 0.29) is 17.3 Å². The fourth-order valence-corrected chi connectivity index (χ4v) is 2.47. The molecule has 1 aromatic carbocycles. The third kappa shape index (κ3) is 4.16. The largest absolute Gasteiger partial charge is 0.493 e. The van der Waals surface area contributed by atoms with Gasteiger partial charge in [-0.1, -0.05) is 20.8 Å². The van der Waals surface area contributed by atoms with E-state index in [1.807, 2.05) is 0 Å². The Morgan fingerprint density at radius 3 is 2.52 bits per heavy atom. The topological polar surface area (TPSA) is 54.0 Å². The summed E-state index contributed by atoms with van der Waals surface area (Å²) in [5.41, 5.74) is 0.457. The molecular weight excluding hydrogens is 296 g/mol. The molecule has 1 unspecified atom stereocenters. The van der Waals surface area contributed by atoms with Crippen LogP contribution in [0, 0.1) is 5.41 Å². The molecule has 23 heavy (non-hydrogen) atoms. The molecule has 1 heterocycles. The van der Waals surface area contributed by atoms with Gasteiger partial charge in [0.2, 0.25) is 0 Å². The molecule has 0 spiro atoms. The zero-order valence-corrected chi connectivity index (χ0v) is 14.6. The summed E-state index contributed by atoms with van der Waals surface area (Å²) in [6.07, 6.45) is 1.02. The van der Waals surface area contributed by atoms with Crippen molar-refractivity contribution in [3.8, 4) is 17.2 Å². The predicted molar refractivity (Wildman–Crippen MR) is 87.8 cm³/mol. The molecule has 0 amide bonds. The van der Waals surface area contributed by atoms with E-state index < -0.39 is 0 Å². The second-order valence-corrected chi connectivity index (χ2v) is 6.79. The molecule has 0 N–H and O–H groups in total. The number of ether oxygens (including phenoxy) is 4. The van der Waals surface area contributed by atoms with Crippen LogP contribution < -0.4 is 14.2 Å². The Morgan fingerprint density at radius 1 is 1.17 bits per heavy atom. The second kappa shape index (κ2) is 7.21. The highest BCUT2D eigenvalue weighted by Crippen LogP contribution is 2.41.